The summed E-state index contributed by atoms with van der Waals surface area (Å²) in [6.45, 7) is 1.29. The molecule has 13 nitrogen and oxygen atoms in total. The summed E-state index contributed by atoms with van der Waals surface area (Å²) in [6, 6.07) is 3.30. The maximum atomic E-state index is 14.9. The Balaban J connectivity index is 1.02. The third-order valence-electron chi connectivity index (χ3n) is 7.64. The van der Waals surface area contributed by atoms with Crippen LogP contribution in [0.5, 0.6) is 11.6 Å². The van der Waals surface area contributed by atoms with E-state index in [1.807, 2.05) is 13.1 Å². The normalized spacial score (nSPS) is 22.9. The number of carbonyl (C=O) groups excluding carboxylic acids is 2. The molecule has 2 atom stereocenters. The molecule has 4 heterocycles. The highest BCUT2D eigenvalue weighted by molar-refractivity contribution is 7.88. The average molecular weight is 577 g/mol. The third-order valence-corrected chi connectivity index (χ3v) is 8.88. The van der Waals surface area contributed by atoms with E-state index in [-0.39, 0.29) is 73.7 Å². The number of benzene rings is 1. The zero-order valence-electron chi connectivity index (χ0n) is 22.0. The molecule has 1 aromatic carbocycles. The molecule has 6 rings (SSSR count). The van der Waals surface area contributed by atoms with Crippen molar-refractivity contribution in [1.29, 1.82) is 0 Å². The first-order valence-electron chi connectivity index (χ1n) is 12.9. The number of aromatic nitrogens is 2. The molecule has 0 bridgehead atoms. The maximum absolute atomic E-state index is 14.9. The molecule has 2 fully saturated rings. The number of cyclic esters (lactones) is 1. The molecule has 2 unspecified atom stereocenters. The van der Waals surface area contributed by atoms with Gasteiger partial charge in [0.2, 0.25) is 10.0 Å². The molecule has 0 saturated carbocycles. The monoisotopic (exact) mass is 576 g/mol. The SMILES string of the molecule is CN(CCC1CN(c2cnc3c(n2)NC(=O)CO3)C(=O)O1)C1Cc2cc(OC3CN(S(C)(=O)=O)C3)cc(F)c2C1. The molecule has 3 aliphatic heterocycles. The second-order valence-electron chi connectivity index (χ2n) is 10.5. The molecule has 1 N–H and O–H groups in total. The lowest BCUT2D eigenvalue weighted by molar-refractivity contribution is -0.118. The predicted octanol–water partition coefficient (Wildman–Crippen LogP) is 0.784. The molecule has 1 aromatic heterocycles. The minimum atomic E-state index is -3.24. The second kappa shape index (κ2) is 10.1. The molecule has 0 spiro atoms. The Morgan fingerprint density at radius 1 is 1.23 bits per heavy atom. The van der Waals surface area contributed by atoms with E-state index in [4.69, 9.17) is 14.2 Å². The average Bonchev–Trinajstić information content (AvgIpc) is 3.47. The highest BCUT2D eigenvalue weighted by atomic mass is 32.2. The van der Waals surface area contributed by atoms with Gasteiger partial charge in [-0.05, 0) is 43.5 Å². The van der Waals surface area contributed by atoms with Crippen molar-refractivity contribution < 1.29 is 36.6 Å². The lowest BCUT2D eigenvalue weighted by Gasteiger charge is -2.37. The first kappa shape index (κ1) is 26.7. The van der Waals surface area contributed by atoms with Crippen molar-refractivity contribution in [2.24, 2.45) is 0 Å². The van der Waals surface area contributed by atoms with Crippen LogP contribution in [-0.2, 0) is 32.4 Å². The fourth-order valence-electron chi connectivity index (χ4n) is 5.33. The molecule has 2 amide bonds. The zero-order chi connectivity index (χ0) is 28.2. The highest BCUT2D eigenvalue weighted by Gasteiger charge is 2.37. The molecule has 1 aliphatic carbocycles. The van der Waals surface area contributed by atoms with Gasteiger partial charge in [-0.25, -0.2) is 27.6 Å². The van der Waals surface area contributed by atoms with E-state index in [1.165, 1.54) is 21.5 Å². The summed E-state index contributed by atoms with van der Waals surface area (Å²) in [4.78, 5) is 36.0. The molecule has 2 aromatic rings. The van der Waals surface area contributed by atoms with Crippen LogP contribution in [0.4, 0.5) is 20.8 Å². The summed E-state index contributed by atoms with van der Waals surface area (Å²) in [6.07, 6.45) is 3.13. The largest absolute Gasteiger partial charge is 0.488 e. The third kappa shape index (κ3) is 5.28. The van der Waals surface area contributed by atoms with Gasteiger partial charge in [-0.1, -0.05) is 0 Å². The van der Waals surface area contributed by atoms with Gasteiger partial charge < -0.3 is 24.4 Å². The van der Waals surface area contributed by atoms with E-state index in [0.717, 1.165) is 11.8 Å². The summed E-state index contributed by atoms with van der Waals surface area (Å²) in [7, 11) is -1.28. The predicted molar refractivity (Wildman–Crippen MR) is 139 cm³/mol. The quantitative estimate of drug-likeness (QED) is 0.479. The van der Waals surface area contributed by atoms with Crippen molar-refractivity contribution >= 4 is 33.7 Å². The minimum absolute atomic E-state index is 0.0764. The van der Waals surface area contributed by atoms with Crippen LogP contribution in [0.3, 0.4) is 0 Å². The lowest BCUT2D eigenvalue weighted by Crippen LogP contribution is -2.55. The van der Waals surface area contributed by atoms with Gasteiger partial charge in [0.25, 0.3) is 11.8 Å². The standard InChI is InChI=1S/C25H29FN6O7S/c1-30(4-3-16-12-32(25(34)39-16)21-9-27-24-23(28-21)29-22(33)13-37-24)15-5-14-6-17(8-20(26)19(14)7-15)38-18-10-31(11-18)40(2,35)36/h6,8-9,15-16,18H,3-5,7,10-13H2,1-2H3,(H,28,29,33). The van der Waals surface area contributed by atoms with Crippen LogP contribution >= 0.6 is 0 Å². The number of fused-ring (bicyclic) bond motifs is 2. The van der Waals surface area contributed by atoms with Crippen LogP contribution in [-0.4, -0.2) is 104 Å². The van der Waals surface area contributed by atoms with Crippen molar-refractivity contribution in [1.82, 2.24) is 19.2 Å². The van der Waals surface area contributed by atoms with Crippen LogP contribution in [0, 0.1) is 5.82 Å². The number of rotatable bonds is 8. The van der Waals surface area contributed by atoms with Crippen molar-refractivity contribution in [2.75, 3.05) is 56.3 Å². The van der Waals surface area contributed by atoms with E-state index >= 15 is 0 Å². The topological polar surface area (TPSA) is 144 Å². The van der Waals surface area contributed by atoms with Crippen molar-refractivity contribution in [3.05, 3.63) is 35.3 Å². The highest BCUT2D eigenvalue weighted by Crippen LogP contribution is 2.33. The van der Waals surface area contributed by atoms with Gasteiger partial charge in [0.15, 0.2) is 18.2 Å². The molecule has 214 valence electrons. The number of hydrogen-bond acceptors (Lipinski definition) is 10. The van der Waals surface area contributed by atoms with Crippen LogP contribution in [0.1, 0.15) is 17.5 Å². The van der Waals surface area contributed by atoms with Crippen molar-refractivity contribution in [3.8, 4) is 11.6 Å². The van der Waals surface area contributed by atoms with E-state index in [2.05, 4.69) is 20.2 Å². The van der Waals surface area contributed by atoms with Crippen LogP contribution < -0.4 is 19.7 Å². The molecular weight excluding hydrogens is 547 g/mol. The van der Waals surface area contributed by atoms with Crippen LogP contribution in [0.2, 0.25) is 0 Å². The van der Waals surface area contributed by atoms with Gasteiger partial charge in [0, 0.05) is 18.7 Å². The molecule has 4 aliphatic rings. The van der Waals surface area contributed by atoms with E-state index in [9.17, 15) is 22.4 Å². The molecule has 2 saturated heterocycles. The summed E-state index contributed by atoms with van der Waals surface area (Å²) in [5.41, 5.74) is 1.54. The molecule has 15 heteroatoms. The summed E-state index contributed by atoms with van der Waals surface area (Å²) in [5, 5.41) is 2.58. The van der Waals surface area contributed by atoms with Gasteiger partial charge >= 0.3 is 6.09 Å². The number of halogens is 1. The Labute approximate surface area is 230 Å². The fourth-order valence-corrected chi connectivity index (χ4v) is 6.21. The maximum Gasteiger partial charge on any atom is 0.415 e. The van der Waals surface area contributed by atoms with E-state index < -0.39 is 16.1 Å². The van der Waals surface area contributed by atoms with E-state index in [1.54, 1.807) is 0 Å². The van der Waals surface area contributed by atoms with Crippen molar-refractivity contribution in [3.63, 3.8) is 0 Å². The Morgan fingerprint density at radius 2 is 2.02 bits per heavy atom. The number of hydrogen-bond donors (Lipinski definition) is 1. The lowest BCUT2D eigenvalue weighted by atomic mass is 10.1. The summed E-state index contributed by atoms with van der Waals surface area (Å²) < 4.78 is 56.0. The molecule has 0 radical (unpaired) electrons. The number of nitrogens with zero attached hydrogens (tertiary/aromatic N) is 5. The van der Waals surface area contributed by atoms with Gasteiger partial charge in [-0.2, -0.15) is 4.31 Å². The Kier molecular flexibility index (Phi) is 6.74. The smallest absolute Gasteiger partial charge is 0.415 e. The Hall–Kier alpha value is -3.56. The summed E-state index contributed by atoms with van der Waals surface area (Å²) >= 11 is 0. The minimum Gasteiger partial charge on any atom is -0.488 e. The van der Waals surface area contributed by atoms with Gasteiger partial charge in [-0.3, -0.25) is 9.69 Å². The van der Waals surface area contributed by atoms with Gasteiger partial charge in [0.05, 0.1) is 32.1 Å². The van der Waals surface area contributed by atoms with Gasteiger partial charge in [-0.15, -0.1) is 0 Å². The van der Waals surface area contributed by atoms with Gasteiger partial charge in [0.1, 0.15) is 23.8 Å². The first-order valence-corrected chi connectivity index (χ1v) is 14.8. The number of sulfonamides is 1. The number of amides is 2. The van der Waals surface area contributed by atoms with E-state index in [0.29, 0.717) is 37.1 Å². The second-order valence-corrected chi connectivity index (χ2v) is 12.5. The van der Waals surface area contributed by atoms with Crippen molar-refractivity contribution in [2.45, 2.75) is 37.5 Å². The summed E-state index contributed by atoms with van der Waals surface area (Å²) in [5.74, 6) is 0.359. The number of carbonyl (C=O) groups is 2. The number of likely N-dealkylation sites (N-methyl/N-ethyl adjacent to an activating group) is 1. The number of nitrogens with one attached hydrogen (secondary N) is 1. The van der Waals surface area contributed by atoms with Crippen LogP contribution in [0.15, 0.2) is 18.3 Å². The zero-order valence-corrected chi connectivity index (χ0v) is 22.8. The number of anilines is 2. The molecule has 40 heavy (non-hydrogen) atoms. The Morgan fingerprint density at radius 3 is 2.80 bits per heavy atom. The fraction of sp³-hybridized carbons (Fsp3) is 0.520. The first-order chi connectivity index (χ1) is 19.0. The molecular formula is C25H29FN6O7S. The number of ether oxygens (including phenoxy) is 3. The Bertz CT molecular complexity index is 1470. The van der Waals surface area contributed by atoms with Crippen LogP contribution in [0.25, 0.3) is 0 Å².